The monoisotopic (exact) mass is 575 g/mol. The van der Waals surface area contributed by atoms with Crippen molar-refractivity contribution >= 4 is 17.7 Å². The molecule has 4 rings (SSSR count). The summed E-state index contributed by atoms with van der Waals surface area (Å²) in [6.45, 7) is 0.935. The number of unbranched alkanes of at least 4 members (excludes halogenated alkanes) is 1. The third kappa shape index (κ3) is 11.9. The second-order valence-electron chi connectivity index (χ2n) is 7.94. The number of phenols is 1. The fourth-order valence-electron chi connectivity index (χ4n) is 3.76. The number of aryl methyl sites for hydroxylation is 1. The summed E-state index contributed by atoms with van der Waals surface area (Å²) >= 11 is 0. The summed E-state index contributed by atoms with van der Waals surface area (Å²) in [5.74, 6) is -0.417. The van der Waals surface area contributed by atoms with Gasteiger partial charge in [-0.25, -0.2) is 4.68 Å². The Hall–Kier alpha value is -4.01. The molecule has 41 heavy (non-hydrogen) atoms. The molecule has 0 atom stereocenters. The van der Waals surface area contributed by atoms with E-state index in [0.717, 1.165) is 17.7 Å². The Morgan fingerprint density at radius 3 is 1.90 bits per heavy atom. The number of aromatic hydroxyl groups is 1. The van der Waals surface area contributed by atoms with Gasteiger partial charge in [-0.15, -0.1) is 5.10 Å². The quantitative estimate of drug-likeness (QED) is 0.198. The molecule has 0 saturated heterocycles. The fraction of sp³-hybridized carbons (Fsp3) is 0.469. The maximum atomic E-state index is 12.4. The topological polar surface area (TPSA) is 117 Å². The van der Waals surface area contributed by atoms with Gasteiger partial charge < -0.3 is 10.4 Å². The van der Waals surface area contributed by atoms with Gasteiger partial charge in [-0.2, -0.15) is 0 Å². The van der Waals surface area contributed by atoms with Crippen LogP contribution in [0, 0.1) is 0 Å². The van der Waals surface area contributed by atoms with Crippen LogP contribution in [-0.2, 0) is 24.2 Å². The van der Waals surface area contributed by atoms with Crippen molar-refractivity contribution in [3.05, 3.63) is 77.1 Å². The Morgan fingerprint density at radius 2 is 1.34 bits per heavy atom. The highest BCUT2D eigenvalue weighted by molar-refractivity contribution is 6.21. The fourth-order valence-corrected chi connectivity index (χ4v) is 3.76. The Labute approximate surface area is 250 Å². The molecule has 9 nitrogen and oxygen atoms in total. The molecule has 234 valence electrons. The van der Waals surface area contributed by atoms with Crippen LogP contribution >= 0.6 is 0 Å². The summed E-state index contributed by atoms with van der Waals surface area (Å²) < 4.78 is 1.50. The number of rotatable bonds is 10. The van der Waals surface area contributed by atoms with E-state index in [0.29, 0.717) is 43.5 Å². The highest BCUT2D eigenvalue weighted by Crippen LogP contribution is 2.22. The number of fused-ring (bicyclic) bond motifs is 1. The van der Waals surface area contributed by atoms with E-state index in [9.17, 15) is 19.5 Å². The van der Waals surface area contributed by atoms with Gasteiger partial charge in [0.05, 0.1) is 16.8 Å². The van der Waals surface area contributed by atoms with Crippen molar-refractivity contribution in [2.24, 2.45) is 0 Å². The van der Waals surface area contributed by atoms with E-state index in [1.54, 1.807) is 42.6 Å². The van der Waals surface area contributed by atoms with Crippen molar-refractivity contribution in [2.45, 2.75) is 91.6 Å². The van der Waals surface area contributed by atoms with Crippen LogP contribution in [0.1, 0.15) is 104 Å². The molecule has 0 unspecified atom stereocenters. The lowest BCUT2D eigenvalue weighted by molar-refractivity contribution is -0.121. The Balaban J connectivity index is -0.000000540. The van der Waals surface area contributed by atoms with E-state index in [1.807, 2.05) is 12.1 Å². The summed E-state index contributed by atoms with van der Waals surface area (Å²) in [5.41, 5.74) is 2.71. The zero-order valence-corrected chi connectivity index (χ0v) is 18.1. The molecule has 1 aliphatic rings. The first-order valence-electron chi connectivity index (χ1n) is 10.9. The zero-order valence-electron chi connectivity index (χ0n) is 18.1. The number of benzene rings is 2. The lowest BCUT2D eigenvalue weighted by Crippen LogP contribution is -2.30. The number of nitrogens with one attached hydrogen (secondary N) is 1. The summed E-state index contributed by atoms with van der Waals surface area (Å²) in [4.78, 5) is 38.2. The molecule has 0 saturated carbocycles. The molecule has 1 aromatic heterocycles. The molecule has 1 aliphatic heterocycles. The second kappa shape index (κ2) is 21.8. The van der Waals surface area contributed by atoms with Crippen LogP contribution in [0.25, 0.3) is 0 Å². The van der Waals surface area contributed by atoms with Crippen LogP contribution in [0.15, 0.2) is 54.7 Å². The van der Waals surface area contributed by atoms with E-state index in [1.165, 1.54) is 9.58 Å². The largest absolute Gasteiger partial charge is 0.508 e. The van der Waals surface area contributed by atoms with E-state index >= 15 is 0 Å². The lowest BCUT2D eigenvalue weighted by atomic mass is 10.1. The third-order valence-electron chi connectivity index (χ3n) is 5.51. The molecule has 0 radical (unpaired) electrons. The van der Waals surface area contributed by atoms with Crippen molar-refractivity contribution in [1.82, 2.24) is 25.2 Å². The number of aromatic nitrogens is 3. The van der Waals surface area contributed by atoms with Gasteiger partial charge in [0.15, 0.2) is 0 Å². The Morgan fingerprint density at radius 1 is 0.780 bits per heavy atom. The molecule has 2 N–H and O–H groups in total. The Bertz CT molecular complexity index is 1120. The number of hydrogen-bond acceptors (Lipinski definition) is 6. The maximum Gasteiger partial charge on any atom is 0.261 e. The van der Waals surface area contributed by atoms with Gasteiger partial charge in [0, 0.05) is 19.3 Å². The predicted octanol–water partition coefficient (Wildman–Crippen LogP) is 7.05. The first-order chi connectivity index (χ1) is 16.0. The smallest absolute Gasteiger partial charge is 0.261 e. The van der Waals surface area contributed by atoms with Crippen LogP contribution in [0.4, 0.5) is 0 Å². The van der Waals surface area contributed by atoms with Gasteiger partial charge >= 0.3 is 0 Å². The highest BCUT2D eigenvalue weighted by atomic mass is 16.3. The van der Waals surface area contributed by atoms with Crippen molar-refractivity contribution in [1.29, 1.82) is 0 Å². The van der Waals surface area contributed by atoms with Crippen molar-refractivity contribution in [3.8, 4) is 5.75 Å². The number of carbonyl (C=O) groups is 3. The zero-order chi connectivity index (χ0) is 23.2. The average Bonchev–Trinajstić information content (AvgIpc) is 3.35. The van der Waals surface area contributed by atoms with Crippen LogP contribution in [0.3, 0.4) is 0 Å². The van der Waals surface area contributed by atoms with Crippen LogP contribution < -0.4 is 5.32 Å². The van der Waals surface area contributed by atoms with E-state index in [2.05, 4.69) is 15.6 Å². The number of amides is 3. The van der Waals surface area contributed by atoms with Crippen molar-refractivity contribution < 1.29 is 19.5 Å². The number of imide groups is 1. The third-order valence-corrected chi connectivity index (χ3v) is 5.51. The van der Waals surface area contributed by atoms with Crippen LogP contribution in [0.2, 0.25) is 0 Å². The summed E-state index contributed by atoms with van der Waals surface area (Å²) in [6, 6.07) is 13.7. The molecule has 0 spiro atoms. The number of hydrogen-bond donors (Lipinski definition) is 2. The van der Waals surface area contributed by atoms with E-state index in [4.69, 9.17) is 0 Å². The molecule has 9 heteroatoms. The number of phenolic OH excluding ortho intramolecular Hbond substituents is 1. The molecule has 3 aromatic rings. The maximum absolute atomic E-state index is 12.4. The van der Waals surface area contributed by atoms with Gasteiger partial charge in [-0.1, -0.05) is 88.9 Å². The van der Waals surface area contributed by atoms with Gasteiger partial charge in [0.25, 0.3) is 11.8 Å². The van der Waals surface area contributed by atoms with E-state index < -0.39 is 0 Å². The molecular weight excluding hydrogens is 518 g/mol. The minimum Gasteiger partial charge on any atom is -0.508 e. The molecule has 2 aromatic carbocycles. The van der Waals surface area contributed by atoms with Crippen LogP contribution in [-0.4, -0.2) is 55.8 Å². The normalized spacial score (nSPS) is 10.3. The first kappa shape index (κ1) is 46.8. The average molecular weight is 576 g/mol. The molecular formula is C32H57N5O4. The first-order valence-corrected chi connectivity index (χ1v) is 10.9. The summed E-state index contributed by atoms with van der Waals surface area (Å²) in [6.07, 6.45) is 4.45. The minimum absolute atomic E-state index is 0. The Kier molecular flexibility index (Phi) is 24.9. The molecule has 0 fully saturated rings. The van der Waals surface area contributed by atoms with Gasteiger partial charge in [-0.3, -0.25) is 19.3 Å². The van der Waals surface area contributed by atoms with Gasteiger partial charge in [0.1, 0.15) is 12.3 Å². The predicted molar refractivity (Wildman–Crippen MR) is 173 cm³/mol. The second-order valence-corrected chi connectivity index (χ2v) is 7.94. The minimum atomic E-state index is -0.238. The van der Waals surface area contributed by atoms with E-state index in [-0.39, 0.29) is 89.4 Å². The standard InChI is InChI=1S/C24H25N5O4.8CH4/c30-19-10-8-17(9-11-19)12-13-25-22(31)16-28-15-18(26-27-28)5-3-4-14-29-23(32)20-6-1-2-7-21(20)24(29)33;;;;;;;;/h1-2,6-11,15,30H,3-5,12-14,16H2,(H,25,31);8*1H4. The molecule has 0 bridgehead atoms. The number of nitrogens with zero attached hydrogens (tertiary/aromatic N) is 4. The summed E-state index contributed by atoms with van der Waals surface area (Å²) in [7, 11) is 0. The number of carbonyl (C=O) groups excluding carboxylic acids is 3. The van der Waals surface area contributed by atoms with Crippen molar-refractivity contribution in [3.63, 3.8) is 0 Å². The van der Waals surface area contributed by atoms with Gasteiger partial charge in [0.2, 0.25) is 5.91 Å². The molecule has 0 aliphatic carbocycles. The lowest BCUT2D eigenvalue weighted by Gasteiger charge is -2.13. The van der Waals surface area contributed by atoms with Crippen LogP contribution in [0.5, 0.6) is 5.75 Å². The molecule has 2 heterocycles. The highest BCUT2D eigenvalue weighted by Gasteiger charge is 2.34. The van der Waals surface area contributed by atoms with Crippen molar-refractivity contribution in [2.75, 3.05) is 13.1 Å². The van der Waals surface area contributed by atoms with Gasteiger partial charge in [-0.05, 0) is 55.5 Å². The molecule has 3 amide bonds. The SMILES string of the molecule is C.C.C.C.C.C.C.C.O=C(Cn1cc(CCCCN2C(=O)c3ccccc3C2=O)nn1)NCCc1ccc(O)cc1. The summed E-state index contributed by atoms with van der Waals surface area (Å²) in [5, 5.41) is 20.2.